The molecule has 0 amide bonds. The number of aromatic nitrogens is 3. The van der Waals surface area contributed by atoms with Gasteiger partial charge in [0, 0.05) is 24.3 Å². The molecule has 0 saturated carbocycles. The average Bonchev–Trinajstić information content (AvgIpc) is 3.11. The molecule has 0 bridgehead atoms. The van der Waals surface area contributed by atoms with Gasteiger partial charge in [-0.25, -0.2) is 4.98 Å². The van der Waals surface area contributed by atoms with Crippen LogP contribution in [0.25, 0.3) is 11.2 Å². The monoisotopic (exact) mass is 471 g/mol. The van der Waals surface area contributed by atoms with Crippen LogP contribution < -0.4 is 10.6 Å². The number of aromatic amines is 1. The Morgan fingerprint density at radius 2 is 1.97 bits per heavy atom. The fraction of sp³-hybridized carbons (Fsp3) is 0.316. The third kappa shape index (κ3) is 5.77. The van der Waals surface area contributed by atoms with Crippen molar-refractivity contribution in [3.8, 4) is 0 Å². The Bertz CT molecular complexity index is 1030. The number of hydrogen-bond donors (Lipinski definition) is 3. The minimum Gasteiger partial charge on any atom is -0.356 e. The summed E-state index contributed by atoms with van der Waals surface area (Å²) in [5.41, 5.74) is 1.81. The molecule has 0 spiro atoms. The van der Waals surface area contributed by atoms with Crippen molar-refractivity contribution in [3.05, 3.63) is 57.7 Å². The highest BCUT2D eigenvalue weighted by Gasteiger charge is 2.23. The number of hydrogen-bond acceptors (Lipinski definition) is 5. The van der Waals surface area contributed by atoms with Crippen LogP contribution >= 0.6 is 35.4 Å². The van der Waals surface area contributed by atoms with Gasteiger partial charge in [-0.1, -0.05) is 29.3 Å². The Labute approximate surface area is 188 Å². The zero-order valence-electron chi connectivity index (χ0n) is 16.2. The Kier molecular flexibility index (Phi) is 7.79. The van der Waals surface area contributed by atoms with Gasteiger partial charge >= 0.3 is 0 Å². The third-order valence-electron chi connectivity index (χ3n) is 4.34. The van der Waals surface area contributed by atoms with Gasteiger partial charge in [0.15, 0.2) is 17.0 Å². The van der Waals surface area contributed by atoms with E-state index in [2.05, 4.69) is 25.6 Å². The number of ether oxygens (including phenoxy) is 2. The lowest BCUT2D eigenvalue weighted by atomic mass is 10.1. The SMILES string of the molecule is COC(OC)C(Cc1ccc(Cl)cc1Cl)NC(=S)NCc1nc2nc(F)ccc2[nH]1. The quantitative estimate of drug-likeness (QED) is 0.263. The maximum atomic E-state index is 13.2. The summed E-state index contributed by atoms with van der Waals surface area (Å²) in [5, 5.41) is 7.70. The van der Waals surface area contributed by atoms with Crippen molar-refractivity contribution in [1.82, 2.24) is 25.6 Å². The Morgan fingerprint density at radius 3 is 2.67 bits per heavy atom. The average molecular weight is 472 g/mol. The van der Waals surface area contributed by atoms with Gasteiger partial charge in [0.1, 0.15) is 5.82 Å². The second kappa shape index (κ2) is 10.3. The third-order valence-corrected chi connectivity index (χ3v) is 5.19. The maximum Gasteiger partial charge on any atom is 0.215 e. The van der Waals surface area contributed by atoms with Gasteiger partial charge in [-0.3, -0.25) is 0 Å². The van der Waals surface area contributed by atoms with Crippen molar-refractivity contribution in [1.29, 1.82) is 0 Å². The minimum atomic E-state index is -0.584. The molecule has 0 saturated heterocycles. The van der Waals surface area contributed by atoms with Crippen LogP contribution in [0.5, 0.6) is 0 Å². The van der Waals surface area contributed by atoms with E-state index in [9.17, 15) is 4.39 Å². The number of nitrogens with zero attached hydrogens (tertiary/aromatic N) is 2. The van der Waals surface area contributed by atoms with Crippen LogP contribution in [0.1, 0.15) is 11.4 Å². The number of H-pyrrole nitrogens is 1. The number of pyridine rings is 1. The summed E-state index contributed by atoms with van der Waals surface area (Å²) in [6.45, 7) is 0.295. The van der Waals surface area contributed by atoms with Gasteiger partial charge in [-0.05, 0) is 48.5 Å². The zero-order valence-corrected chi connectivity index (χ0v) is 18.5. The van der Waals surface area contributed by atoms with Crippen LogP contribution in [-0.4, -0.2) is 46.6 Å². The van der Waals surface area contributed by atoms with E-state index in [0.29, 0.717) is 45.1 Å². The van der Waals surface area contributed by atoms with Crippen LogP contribution in [0.15, 0.2) is 30.3 Å². The van der Waals surface area contributed by atoms with Gasteiger partial charge in [0.25, 0.3) is 0 Å². The molecule has 2 heterocycles. The highest BCUT2D eigenvalue weighted by Crippen LogP contribution is 2.23. The molecule has 0 aliphatic heterocycles. The predicted octanol–water partition coefficient (Wildman–Crippen LogP) is 3.60. The lowest BCUT2D eigenvalue weighted by molar-refractivity contribution is -0.119. The van der Waals surface area contributed by atoms with Gasteiger partial charge in [0.05, 0.1) is 18.1 Å². The largest absolute Gasteiger partial charge is 0.356 e. The van der Waals surface area contributed by atoms with Crippen molar-refractivity contribution < 1.29 is 13.9 Å². The first-order chi connectivity index (χ1) is 14.4. The Balaban J connectivity index is 1.65. The van der Waals surface area contributed by atoms with E-state index >= 15 is 0 Å². The van der Waals surface area contributed by atoms with E-state index in [-0.39, 0.29) is 6.04 Å². The fourth-order valence-corrected chi connectivity index (χ4v) is 3.66. The first-order valence-electron chi connectivity index (χ1n) is 8.94. The first kappa shape index (κ1) is 22.6. The molecule has 3 rings (SSSR count). The molecule has 11 heteroatoms. The van der Waals surface area contributed by atoms with Crippen LogP contribution in [0.4, 0.5) is 4.39 Å². The van der Waals surface area contributed by atoms with Crippen molar-refractivity contribution in [2.24, 2.45) is 0 Å². The summed E-state index contributed by atoms with van der Waals surface area (Å²) in [5.74, 6) is -0.0147. The number of imidazole rings is 1. The molecule has 0 radical (unpaired) electrons. The Morgan fingerprint density at radius 1 is 1.20 bits per heavy atom. The van der Waals surface area contributed by atoms with Crippen molar-refractivity contribution in [3.63, 3.8) is 0 Å². The smallest absolute Gasteiger partial charge is 0.215 e. The maximum absolute atomic E-state index is 13.2. The van der Waals surface area contributed by atoms with Crippen LogP contribution in [-0.2, 0) is 22.4 Å². The number of thiocarbonyl (C=S) groups is 1. The van der Waals surface area contributed by atoms with E-state index in [1.807, 2.05) is 6.07 Å². The first-order valence-corrected chi connectivity index (χ1v) is 10.1. The summed E-state index contributed by atoms with van der Waals surface area (Å²) < 4.78 is 24.0. The lowest BCUT2D eigenvalue weighted by Crippen LogP contribution is -2.49. The van der Waals surface area contributed by atoms with Gasteiger partial charge < -0.3 is 25.1 Å². The molecular formula is C19H20Cl2FN5O2S. The molecule has 1 aromatic carbocycles. The number of methoxy groups -OCH3 is 2. The molecule has 3 N–H and O–H groups in total. The number of fused-ring (bicyclic) bond motifs is 1. The highest BCUT2D eigenvalue weighted by atomic mass is 35.5. The summed E-state index contributed by atoms with van der Waals surface area (Å²) >= 11 is 17.7. The fourth-order valence-electron chi connectivity index (χ4n) is 2.95. The topological polar surface area (TPSA) is 84.1 Å². The standard InChI is InChI=1S/C19H20Cl2FN5O2S/c1-28-18(29-2)14(7-10-3-4-11(20)8-12(10)21)25-19(30)23-9-16-24-13-5-6-15(22)26-17(13)27-16/h3-6,8,14,18H,7,9H2,1-2H3,(H2,23,25,30)(H,24,26,27). The molecule has 1 unspecified atom stereocenters. The molecule has 1 atom stereocenters. The zero-order chi connectivity index (χ0) is 21.7. The molecular weight excluding hydrogens is 452 g/mol. The minimum absolute atomic E-state index is 0.295. The van der Waals surface area contributed by atoms with Crippen molar-refractivity contribution in [2.45, 2.75) is 25.3 Å². The van der Waals surface area contributed by atoms with Crippen LogP contribution in [0.3, 0.4) is 0 Å². The molecule has 0 aliphatic rings. The number of rotatable bonds is 8. The van der Waals surface area contributed by atoms with E-state index in [0.717, 1.165) is 5.56 Å². The Hall–Kier alpha value is -2.04. The lowest BCUT2D eigenvalue weighted by Gasteiger charge is -2.27. The van der Waals surface area contributed by atoms with E-state index in [4.69, 9.17) is 44.9 Å². The molecule has 160 valence electrons. The number of benzene rings is 1. The summed E-state index contributed by atoms with van der Waals surface area (Å²) in [7, 11) is 3.09. The summed E-state index contributed by atoms with van der Waals surface area (Å²) in [4.78, 5) is 11.0. The summed E-state index contributed by atoms with van der Waals surface area (Å²) in [6, 6.07) is 7.82. The molecule has 7 nitrogen and oxygen atoms in total. The molecule has 2 aromatic heterocycles. The molecule has 3 aromatic rings. The number of nitrogens with one attached hydrogen (secondary N) is 3. The van der Waals surface area contributed by atoms with Crippen LogP contribution in [0.2, 0.25) is 10.0 Å². The van der Waals surface area contributed by atoms with Gasteiger partial charge in [-0.15, -0.1) is 0 Å². The second-order valence-electron chi connectivity index (χ2n) is 6.40. The van der Waals surface area contributed by atoms with Crippen LogP contribution in [0, 0.1) is 5.95 Å². The second-order valence-corrected chi connectivity index (χ2v) is 7.65. The molecule has 0 fully saturated rings. The highest BCUT2D eigenvalue weighted by molar-refractivity contribution is 7.80. The molecule has 30 heavy (non-hydrogen) atoms. The van der Waals surface area contributed by atoms with E-state index < -0.39 is 12.2 Å². The normalized spacial score (nSPS) is 12.3. The number of halogens is 3. The summed E-state index contributed by atoms with van der Waals surface area (Å²) in [6.07, 6.45) is -0.0901. The molecule has 0 aliphatic carbocycles. The predicted molar refractivity (Wildman–Crippen MR) is 118 cm³/mol. The van der Waals surface area contributed by atoms with Crippen molar-refractivity contribution >= 4 is 51.7 Å². The van der Waals surface area contributed by atoms with Crippen molar-refractivity contribution in [2.75, 3.05) is 14.2 Å². The van der Waals surface area contributed by atoms with E-state index in [1.165, 1.54) is 6.07 Å². The van der Waals surface area contributed by atoms with E-state index in [1.54, 1.807) is 32.4 Å². The van der Waals surface area contributed by atoms with Gasteiger partial charge in [-0.2, -0.15) is 9.37 Å². The van der Waals surface area contributed by atoms with Gasteiger partial charge in [0.2, 0.25) is 5.95 Å².